The quantitative estimate of drug-likeness (QED) is 0.597. The number of aliphatic hydroxyl groups is 1. The van der Waals surface area contributed by atoms with E-state index in [0.29, 0.717) is 21.2 Å². The Morgan fingerprint density at radius 1 is 1.46 bits per heavy atom. The minimum Gasteiger partial charge on any atom is -0.397 e. The number of benzene rings is 1. The summed E-state index contributed by atoms with van der Waals surface area (Å²) < 4.78 is 37.8. The second kappa shape index (κ2) is 7.67. The molecule has 0 aliphatic carbocycles. The average molecular weight is 382 g/mol. The first-order valence-electron chi connectivity index (χ1n) is 7.05. The number of para-hydroxylation sites is 1. The second-order valence-corrected chi connectivity index (χ2v) is 6.28. The number of halogens is 4. The van der Waals surface area contributed by atoms with Gasteiger partial charge in [-0.05, 0) is 24.5 Å². The molecule has 0 bridgehead atoms. The Morgan fingerprint density at radius 2 is 2.04 bits per heavy atom. The predicted octanol–water partition coefficient (Wildman–Crippen LogP) is 4.14. The van der Waals surface area contributed by atoms with E-state index >= 15 is 0 Å². The van der Waals surface area contributed by atoms with E-state index in [4.69, 9.17) is 17.3 Å². The third kappa shape index (κ3) is 4.37. The maximum absolute atomic E-state index is 12.6. The highest BCUT2D eigenvalue weighted by molar-refractivity contribution is 7.78. The summed E-state index contributed by atoms with van der Waals surface area (Å²) in [7, 11) is 0. The van der Waals surface area contributed by atoms with Gasteiger partial charge in [0.05, 0.1) is 16.2 Å². The lowest BCUT2D eigenvalue weighted by Crippen LogP contribution is -2.54. The number of alkyl halides is 3. The van der Waals surface area contributed by atoms with Crippen LogP contribution in [0.4, 0.5) is 18.9 Å². The molecule has 3 N–H and O–H groups in total. The van der Waals surface area contributed by atoms with Crippen LogP contribution >= 0.6 is 23.8 Å². The number of aryl methyl sites for hydroxylation is 1. The molecule has 9 heteroatoms. The molecule has 1 aliphatic rings. The molecular weight excluding hydrogens is 363 g/mol. The second-order valence-electron chi connectivity index (χ2n) is 5.66. The van der Waals surface area contributed by atoms with Crippen LogP contribution in [0.1, 0.15) is 25.8 Å². The van der Waals surface area contributed by atoms with Crippen LogP contribution in [-0.2, 0) is 0 Å². The van der Waals surface area contributed by atoms with E-state index in [9.17, 15) is 18.3 Å². The molecule has 1 unspecified atom stereocenters. The third-order valence-electron chi connectivity index (χ3n) is 3.53. The molecule has 1 aliphatic heterocycles. The van der Waals surface area contributed by atoms with Crippen molar-refractivity contribution in [1.82, 2.24) is 5.01 Å². The van der Waals surface area contributed by atoms with Gasteiger partial charge in [0, 0.05) is 12.1 Å². The first-order valence-corrected chi connectivity index (χ1v) is 7.90. The third-order valence-corrected chi connectivity index (χ3v) is 4.06. The first kappa shape index (κ1) is 20.7. The van der Waals surface area contributed by atoms with Crippen LogP contribution < -0.4 is 5.73 Å². The summed E-state index contributed by atoms with van der Waals surface area (Å²) in [5.74, 6) is -0.154. The van der Waals surface area contributed by atoms with Crippen molar-refractivity contribution in [2.45, 2.75) is 39.1 Å². The van der Waals surface area contributed by atoms with Gasteiger partial charge in [0.25, 0.3) is 5.72 Å². The van der Waals surface area contributed by atoms with Crippen molar-refractivity contribution >= 4 is 40.7 Å². The fourth-order valence-electron chi connectivity index (χ4n) is 1.90. The Bertz CT molecular complexity index is 617. The van der Waals surface area contributed by atoms with Crippen LogP contribution in [0.25, 0.3) is 0 Å². The summed E-state index contributed by atoms with van der Waals surface area (Å²) >= 11 is 10.1. The number of nitrogens with two attached hydrogens (primary N) is 1. The van der Waals surface area contributed by atoms with Gasteiger partial charge < -0.3 is 10.8 Å². The largest absolute Gasteiger partial charge is 0.438 e. The lowest BCUT2D eigenvalue weighted by molar-refractivity contribution is -0.293. The summed E-state index contributed by atoms with van der Waals surface area (Å²) in [4.78, 5) is 0. The normalized spacial score (nSPS) is 20.5. The number of anilines is 1. The molecule has 0 radical (unpaired) electrons. The van der Waals surface area contributed by atoms with Gasteiger partial charge in [0.15, 0.2) is 0 Å². The predicted molar refractivity (Wildman–Crippen MR) is 94.0 cm³/mol. The molecule has 0 amide bonds. The lowest BCUT2D eigenvalue weighted by Gasteiger charge is -2.31. The van der Waals surface area contributed by atoms with Crippen molar-refractivity contribution in [3.63, 3.8) is 0 Å². The van der Waals surface area contributed by atoms with Gasteiger partial charge in [-0.15, -0.1) is 0 Å². The van der Waals surface area contributed by atoms with Gasteiger partial charge in [-0.3, -0.25) is 0 Å². The lowest BCUT2D eigenvalue weighted by atomic mass is 9.99. The molecular formula is C15H19ClF3N3OS. The standard InChI is InChI=1S/C8H11F3N2OS.C7H8ClN/c1-5(2)6-3-7(14,8(9,10)11)13(4-15)12-6;1-5-3-2-4-6(8)7(5)9/h4-5,14H,3H2,1-2H3;2-4H,9H2,1H3. The number of thiocarbonyl (C=S) groups is 1. The summed E-state index contributed by atoms with van der Waals surface area (Å²) in [5.41, 5.74) is 5.28. The highest BCUT2D eigenvalue weighted by Gasteiger charge is 2.61. The summed E-state index contributed by atoms with van der Waals surface area (Å²) in [6.45, 7) is 5.35. The minimum atomic E-state index is -4.78. The number of nitrogen functional groups attached to an aromatic ring is 1. The molecule has 0 spiro atoms. The first-order chi connectivity index (χ1) is 10.9. The topological polar surface area (TPSA) is 61.8 Å². The molecule has 1 atom stereocenters. The Balaban J connectivity index is 0.000000272. The van der Waals surface area contributed by atoms with Gasteiger partial charge in [0.2, 0.25) is 0 Å². The molecule has 0 saturated carbocycles. The summed E-state index contributed by atoms with van der Waals surface area (Å²) in [5, 5.41) is 14.2. The molecule has 0 saturated heterocycles. The number of nitrogens with zero attached hydrogens (tertiary/aromatic N) is 2. The van der Waals surface area contributed by atoms with Gasteiger partial charge in [-0.2, -0.15) is 18.3 Å². The van der Waals surface area contributed by atoms with Crippen LogP contribution in [0.5, 0.6) is 0 Å². The van der Waals surface area contributed by atoms with E-state index in [2.05, 4.69) is 17.3 Å². The van der Waals surface area contributed by atoms with Crippen molar-refractivity contribution in [2.75, 3.05) is 5.73 Å². The van der Waals surface area contributed by atoms with E-state index in [1.807, 2.05) is 19.1 Å². The highest BCUT2D eigenvalue weighted by Crippen LogP contribution is 2.40. The molecule has 134 valence electrons. The van der Waals surface area contributed by atoms with E-state index in [1.54, 1.807) is 19.9 Å². The van der Waals surface area contributed by atoms with Gasteiger partial charge >= 0.3 is 6.18 Å². The van der Waals surface area contributed by atoms with Gasteiger partial charge in [-0.25, -0.2) is 5.01 Å². The molecule has 4 nitrogen and oxygen atoms in total. The van der Waals surface area contributed by atoms with E-state index in [-0.39, 0.29) is 11.6 Å². The Hall–Kier alpha value is -1.38. The van der Waals surface area contributed by atoms with E-state index < -0.39 is 18.3 Å². The van der Waals surface area contributed by atoms with Crippen molar-refractivity contribution in [1.29, 1.82) is 0 Å². The molecule has 2 rings (SSSR count). The highest BCUT2D eigenvalue weighted by atomic mass is 35.5. The smallest absolute Gasteiger partial charge is 0.397 e. The Labute approximate surface area is 149 Å². The molecule has 24 heavy (non-hydrogen) atoms. The van der Waals surface area contributed by atoms with Crippen molar-refractivity contribution < 1.29 is 18.3 Å². The molecule has 1 aromatic carbocycles. The number of hydrogen-bond acceptors (Lipinski definition) is 4. The molecule has 0 fully saturated rings. The maximum atomic E-state index is 12.6. The van der Waals surface area contributed by atoms with E-state index in [0.717, 1.165) is 5.56 Å². The summed E-state index contributed by atoms with van der Waals surface area (Å²) in [6.07, 6.45) is -5.33. The molecule has 0 aromatic heterocycles. The van der Waals surface area contributed by atoms with Crippen LogP contribution in [-0.4, -0.2) is 33.2 Å². The van der Waals surface area contributed by atoms with Crippen LogP contribution in [0.3, 0.4) is 0 Å². The zero-order valence-corrected chi connectivity index (χ0v) is 15.0. The van der Waals surface area contributed by atoms with Gasteiger partial charge in [-0.1, -0.05) is 49.8 Å². The van der Waals surface area contributed by atoms with E-state index in [1.165, 1.54) is 0 Å². The number of hydrazone groups is 1. The monoisotopic (exact) mass is 381 g/mol. The zero-order chi connectivity index (χ0) is 18.7. The van der Waals surface area contributed by atoms with Crippen LogP contribution in [0, 0.1) is 12.8 Å². The van der Waals surface area contributed by atoms with Crippen LogP contribution in [0.2, 0.25) is 5.02 Å². The zero-order valence-electron chi connectivity index (χ0n) is 13.4. The van der Waals surface area contributed by atoms with Crippen molar-refractivity contribution in [3.8, 4) is 0 Å². The summed E-state index contributed by atoms with van der Waals surface area (Å²) in [6, 6.07) is 5.60. The number of rotatable bonds is 2. The minimum absolute atomic E-state index is 0.154. The molecule has 1 heterocycles. The fraction of sp³-hybridized carbons (Fsp3) is 0.467. The maximum Gasteiger partial charge on any atom is 0.438 e. The average Bonchev–Trinajstić information content (AvgIpc) is 2.84. The fourth-order valence-corrected chi connectivity index (χ4v) is 2.34. The molecule has 1 aromatic rings. The SMILES string of the molecule is CC(C)C1=NN(C=S)C(O)(C(F)(F)F)C1.Cc1cccc(Cl)c1N. The number of hydrogen-bond donors (Lipinski definition) is 2. The van der Waals surface area contributed by atoms with Crippen LogP contribution in [0.15, 0.2) is 23.3 Å². The van der Waals surface area contributed by atoms with Crippen molar-refractivity contribution in [2.24, 2.45) is 11.0 Å². The van der Waals surface area contributed by atoms with Gasteiger partial charge in [0.1, 0.15) is 0 Å². The van der Waals surface area contributed by atoms with Crippen molar-refractivity contribution in [3.05, 3.63) is 28.8 Å². The Kier molecular flexibility index (Phi) is 6.60. The Morgan fingerprint density at radius 3 is 2.38 bits per heavy atom.